The standard InChI is InChI=1S/C19H26N4O4S/c1-5-15-6-8-16(9-7-15)28(26,27)23-12-10-22(11-13-23)17-14(2)20(3)19(25)21(4)18(17)24/h6-9H,5,10-13H2,1-4H3. The molecule has 3 rings (SSSR count). The second kappa shape index (κ2) is 7.56. The molecule has 0 bridgehead atoms. The van der Waals surface area contributed by atoms with Crippen molar-refractivity contribution in [2.75, 3.05) is 31.1 Å². The van der Waals surface area contributed by atoms with Crippen LogP contribution in [-0.2, 0) is 30.5 Å². The van der Waals surface area contributed by atoms with Gasteiger partial charge in [0, 0.05) is 46.0 Å². The summed E-state index contributed by atoms with van der Waals surface area (Å²) in [5.41, 5.74) is 1.40. The molecule has 2 aromatic rings. The van der Waals surface area contributed by atoms with Crippen LogP contribution in [0.15, 0.2) is 38.8 Å². The molecule has 1 aromatic heterocycles. The smallest absolute Gasteiger partial charge is 0.330 e. The van der Waals surface area contributed by atoms with Crippen molar-refractivity contribution in [1.29, 1.82) is 0 Å². The molecule has 0 unspecified atom stereocenters. The highest BCUT2D eigenvalue weighted by Crippen LogP contribution is 2.21. The maximum Gasteiger partial charge on any atom is 0.330 e. The summed E-state index contributed by atoms with van der Waals surface area (Å²) >= 11 is 0. The molecule has 0 radical (unpaired) electrons. The summed E-state index contributed by atoms with van der Waals surface area (Å²) < 4.78 is 29.8. The van der Waals surface area contributed by atoms with E-state index in [0.717, 1.165) is 16.6 Å². The second-order valence-electron chi connectivity index (χ2n) is 7.03. The number of rotatable bonds is 4. The van der Waals surface area contributed by atoms with Crippen molar-refractivity contribution < 1.29 is 8.42 Å². The van der Waals surface area contributed by atoms with Crippen LogP contribution in [-0.4, -0.2) is 48.0 Å². The number of aryl methyl sites for hydroxylation is 1. The summed E-state index contributed by atoms with van der Waals surface area (Å²) in [6.07, 6.45) is 0.854. The van der Waals surface area contributed by atoms with Crippen LogP contribution in [0.3, 0.4) is 0 Å². The van der Waals surface area contributed by atoms with Gasteiger partial charge < -0.3 is 4.90 Å². The van der Waals surface area contributed by atoms with E-state index in [1.807, 2.05) is 24.0 Å². The summed E-state index contributed by atoms with van der Waals surface area (Å²) in [5.74, 6) is 0. The van der Waals surface area contributed by atoms with Gasteiger partial charge in [-0.1, -0.05) is 19.1 Å². The monoisotopic (exact) mass is 406 g/mol. The van der Waals surface area contributed by atoms with Gasteiger partial charge in [0.15, 0.2) is 0 Å². The molecule has 0 aliphatic carbocycles. The van der Waals surface area contributed by atoms with E-state index in [2.05, 4.69) is 0 Å². The third-order valence-corrected chi connectivity index (χ3v) is 7.36. The third kappa shape index (κ3) is 3.40. The Balaban J connectivity index is 1.83. The first-order chi connectivity index (χ1) is 13.2. The molecule has 1 aromatic carbocycles. The summed E-state index contributed by atoms with van der Waals surface area (Å²) in [6.45, 7) is 5.10. The van der Waals surface area contributed by atoms with Crippen molar-refractivity contribution in [3.63, 3.8) is 0 Å². The summed E-state index contributed by atoms with van der Waals surface area (Å²) in [5, 5.41) is 0. The fraction of sp³-hybridized carbons (Fsp3) is 0.474. The van der Waals surface area contributed by atoms with Crippen LogP contribution in [0.4, 0.5) is 5.69 Å². The van der Waals surface area contributed by atoms with Crippen molar-refractivity contribution in [3.8, 4) is 0 Å². The van der Waals surface area contributed by atoms with E-state index in [1.54, 1.807) is 26.1 Å². The molecule has 0 atom stereocenters. The van der Waals surface area contributed by atoms with Crippen LogP contribution in [0.5, 0.6) is 0 Å². The Hall–Kier alpha value is -2.39. The first-order valence-corrected chi connectivity index (χ1v) is 10.7. The molecule has 1 fully saturated rings. The van der Waals surface area contributed by atoms with E-state index in [-0.39, 0.29) is 29.2 Å². The average molecular weight is 407 g/mol. The average Bonchev–Trinajstić information content (AvgIpc) is 2.71. The van der Waals surface area contributed by atoms with Gasteiger partial charge in [-0.05, 0) is 31.0 Å². The van der Waals surface area contributed by atoms with Gasteiger partial charge in [-0.25, -0.2) is 13.2 Å². The predicted octanol–water partition coefficient (Wildman–Crippen LogP) is 0.466. The lowest BCUT2D eigenvalue weighted by atomic mass is 10.2. The van der Waals surface area contributed by atoms with Crippen LogP contribution >= 0.6 is 0 Å². The lowest BCUT2D eigenvalue weighted by Gasteiger charge is -2.35. The van der Waals surface area contributed by atoms with E-state index in [4.69, 9.17) is 0 Å². The van der Waals surface area contributed by atoms with E-state index in [9.17, 15) is 18.0 Å². The zero-order chi connectivity index (χ0) is 20.6. The molecule has 0 N–H and O–H groups in total. The SMILES string of the molecule is CCc1ccc(S(=O)(=O)N2CCN(c3c(C)n(C)c(=O)n(C)c3=O)CC2)cc1. The maximum absolute atomic E-state index is 12.9. The van der Waals surface area contributed by atoms with Gasteiger partial charge in [-0.2, -0.15) is 4.31 Å². The minimum absolute atomic E-state index is 0.281. The maximum atomic E-state index is 12.9. The Kier molecular flexibility index (Phi) is 5.49. The largest absolute Gasteiger partial charge is 0.363 e. The molecule has 2 heterocycles. The Labute approximate surface area is 164 Å². The third-order valence-electron chi connectivity index (χ3n) is 5.45. The highest BCUT2D eigenvalue weighted by Gasteiger charge is 2.30. The van der Waals surface area contributed by atoms with Crippen LogP contribution in [0.25, 0.3) is 0 Å². The summed E-state index contributed by atoms with van der Waals surface area (Å²) in [6, 6.07) is 6.96. The Morgan fingerprint density at radius 1 is 0.929 bits per heavy atom. The van der Waals surface area contributed by atoms with Gasteiger partial charge in [-0.3, -0.25) is 13.9 Å². The van der Waals surface area contributed by atoms with Crippen molar-refractivity contribution in [1.82, 2.24) is 13.4 Å². The van der Waals surface area contributed by atoms with Crippen LogP contribution < -0.4 is 16.1 Å². The Bertz CT molecular complexity index is 1090. The van der Waals surface area contributed by atoms with Gasteiger partial charge in [0.05, 0.1) is 4.90 Å². The van der Waals surface area contributed by atoms with E-state index in [0.29, 0.717) is 24.5 Å². The first kappa shape index (κ1) is 20.3. The normalized spacial score (nSPS) is 15.8. The second-order valence-corrected chi connectivity index (χ2v) is 8.97. The van der Waals surface area contributed by atoms with Crippen molar-refractivity contribution >= 4 is 15.7 Å². The molecule has 1 saturated heterocycles. The topological polar surface area (TPSA) is 84.6 Å². The quantitative estimate of drug-likeness (QED) is 0.737. The molecule has 1 aliphatic rings. The zero-order valence-electron chi connectivity index (χ0n) is 16.7. The lowest BCUT2D eigenvalue weighted by molar-refractivity contribution is 0.383. The van der Waals surface area contributed by atoms with Gasteiger partial charge in [0.25, 0.3) is 5.56 Å². The highest BCUT2D eigenvalue weighted by molar-refractivity contribution is 7.89. The zero-order valence-corrected chi connectivity index (χ0v) is 17.5. The minimum Gasteiger partial charge on any atom is -0.363 e. The minimum atomic E-state index is -3.57. The lowest BCUT2D eigenvalue weighted by Crippen LogP contribution is -2.51. The summed E-state index contributed by atoms with van der Waals surface area (Å²) in [7, 11) is -0.489. The van der Waals surface area contributed by atoms with Crippen LogP contribution in [0.1, 0.15) is 18.2 Å². The molecular formula is C19H26N4O4S. The number of hydrogen-bond acceptors (Lipinski definition) is 5. The molecule has 0 amide bonds. The predicted molar refractivity (Wildman–Crippen MR) is 108 cm³/mol. The molecule has 28 heavy (non-hydrogen) atoms. The molecule has 1 aliphatic heterocycles. The Morgan fingerprint density at radius 2 is 1.50 bits per heavy atom. The molecule has 0 spiro atoms. The number of benzene rings is 1. The molecule has 9 heteroatoms. The van der Waals surface area contributed by atoms with Crippen molar-refractivity contribution in [2.45, 2.75) is 25.2 Å². The van der Waals surface area contributed by atoms with Gasteiger partial charge in [0.2, 0.25) is 10.0 Å². The molecular weight excluding hydrogens is 380 g/mol. The molecule has 0 saturated carbocycles. The van der Waals surface area contributed by atoms with Crippen LogP contribution in [0.2, 0.25) is 0 Å². The number of nitrogens with zero attached hydrogens (tertiary/aromatic N) is 4. The fourth-order valence-corrected chi connectivity index (χ4v) is 4.91. The Morgan fingerprint density at radius 3 is 2.04 bits per heavy atom. The van der Waals surface area contributed by atoms with E-state index in [1.165, 1.54) is 15.9 Å². The number of anilines is 1. The van der Waals surface area contributed by atoms with Crippen LogP contribution in [0, 0.1) is 6.92 Å². The highest BCUT2D eigenvalue weighted by atomic mass is 32.2. The van der Waals surface area contributed by atoms with E-state index < -0.39 is 10.0 Å². The number of aromatic nitrogens is 2. The molecule has 8 nitrogen and oxygen atoms in total. The van der Waals surface area contributed by atoms with Gasteiger partial charge >= 0.3 is 5.69 Å². The first-order valence-electron chi connectivity index (χ1n) is 9.29. The van der Waals surface area contributed by atoms with Crippen molar-refractivity contribution in [2.24, 2.45) is 14.1 Å². The number of hydrogen-bond donors (Lipinski definition) is 0. The molecule has 152 valence electrons. The van der Waals surface area contributed by atoms with Gasteiger partial charge in [-0.15, -0.1) is 0 Å². The summed E-state index contributed by atoms with van der Waals surface area (Å²) in [4.78, 5) is 26.8. The van der Waals surface area contributed by atoms with E-state index >= 15 is 0 Å². The fourth-order valence-electron chi connectivity index (χ4n) is 3.49. The van der Waals surface area contributed by atoms with Gasteiger partial charge in [0.1, 0.15) is 5.69 Å². The number of sulfonamides is 1. The number of piperazine rings is 1. The van der Waals surface area contributed by atoms with Crippen molar-refractivity contribution in [3.05, 3.63) is 56.4 Å².